The Kier molecular flexibility index (Phi) is 5.13. The average molecular weight is 363 g/mol. The van der Waals surface area contributed by atoms with Gasteiger partial charge >= 0.3 is 0 Å². The third-order valence-electron chi connectivity index (χ3n) is 3.50. The van der Waals surface area contributed by atoms with Gasteiger partial charge < -0.3 is 10.6 Å². The number of nitrogens with two attached hydrogens (primary N) is 1. The van der Waals surface area contributed by atoms with Gasteiger partial charge in [0.1, 0.15) is 0 Å². The minimum Gasteiger partial charge on any atom is -0.368 e. The maximum absolute atomic E-state index is 12.8. The molecule has 116 valence electrons. The minimum atomic E-state index is -0.0757. The van der Waals surface area contributed by atoms with E-state index in [-0.39, 0.29) is 11.9 Å². The van der Waals surface area contributed by atoms with E-state index in [0.29, 0.717) is 30.0 Å². The Bertz CT molecular complexity index is 699. The van der Waals surface area contributed by atoms with Crippen LogP contribution in [0.1, 0.15) is 29.9 Å². The van der Waals surface area contributed by atoms with Crippen molar-refractivity contribution in [3.05, 3.63) is 40.0 Å². The number of aryl methyl sites for hydroxylation is 1. The molecule has 1 amide bonds. The lowest BCUT2D eigenvalue weighted by Gasteiger charge is -2.21. The van der Waals surface area contributed by atoms with Gasteiger partial charge in [-0.2, -0.15) is 0 Å². The molecule has 0 radical (unpaired) electrons. The molecule has 1 aromatic heterocycles. The Morgan fingerprint density at radius 3 is 2.45 bits per heavy atom. The molecule has 0 atom stereocenters. The first kappa shape index (κ1) is 16.4. The zero-order chi connectivity index (χ0) is 16.3. The summed E-state index contributed by atoms with van der Waals surface area (Å²) in [5.41, 5.74) is 8.28. The van der Waals surface area contributed by atoms with E-state index in [1.165, 1.54) is 0 Å². The second-order valence-corrected chi connectivity index (χ2v) is 5.70. The molecule has 0 spiro atoms. The molecule has 0 aliphatic heterocycles. The van der Waals surface area contributed by atoms with Crippen molar-refractivity contribution in [2.24, 2.45) is 0 Å². The maximum Gasteiger partial charge on any atom is 0.257 e. The Hall–Kier alpha value is -1.95. The smallest absolute Gasteiger partial charge is 0.257 e. The number of hydrogen-bond donors (Lipinski definition) is 1. The quantitative estimate of drug-likeness (QED) is 0.905. The molecular weight excluding hydrogens is 344 g/mol. The molecule has 0 unspecified atom stereocenters. The van der Waals surface area contributed by atoms with Gasteiger partial charge in [0.05, 0.1) is 17.0 Å². The van der Waals surface area contributed by atoms with Gasteiger partial charge in [0.15, 0.2) is 0 Å². The first-order valence-electron chi connectivity index (χ1n) is 7.17. The Morgan fingerprint density at radius 2 is 1.86 bits per heavy atom. The normalized spacial score (nSPS) is 10.5. The predicted molar refractivity (Wildman–Crippen MR) is 91.6 cm³/mol. The van der Waals surface area contributed by atoms with Crippen LogP contribution in [0.4, 0.5) is 5.95 Å². The second kappa shape index (κ2) is 6.87. The van der Waals surface area contributed by atoms with Crippen LogP contribution in [0.5, 0.6) is 0 Å². The molecule has 0 bridgehead atoms. The fourth-order valence-corrected chi connectivity index (χ4v) is 2.84. The predicted octanol–water partition coefficient (Wildman–Crippen LogP) is 3.28. The molecule has 0 aliphatic rings. The lowest BCUT2D eigenvalue weighted by Crippen LogP contribution is -2.32. The molecular formula is C16H19BrN4O. The van der Waals surface area contributed by atoms with E-state index >= 15 is 0 Å². The Morgan fingerprint density at radius 1 is 1.23 bits per heavy atom. The standard InChI is InChI=1S/C16H19BrN4O/c1-4-21(5-2)15(22)13-10(3)19-16(18)20-14(13)11-8-6-7-9-12(11)17/h6-9H,4-5H2,1-3H3,(H2,18,19,20). The number of aromatic nitrogens is 2. The van der Waals surface area contributed by atoms with E-state index in [4.69, 9.17) is 5.73 Å². The van der Waals surface area contributed by atoms with E-state index in [1.54, 1.807) is 11.8 Å². The summed E-state index contributed by atoms with van der Waals surface area (Å²) in [6.07, 6.45) is 0. The molecule has 1 heterocycles. The van der Waals surface area contributed by atoms with Crippen LogP contribution in [0.3, 0.4) is 0 Å². The fraction of sp³-hybridized carbons (Fsp3) is 0.312. The van der Waals surface area contributed by atoms with Gasteiger partial charge in [-0.25, -0.2) is 9.97 Å². The summed E-state index contributed by atoms with van der Waals surface area (Å²) in [6.45, 7) is 6.96. The van der Waals surface area contributed by atoms with Gasteiger partial charge in [-0.3, -0.25) is 4.79 Å². The van der Waals surface area contributed by atoms with Crippen LogP contribution in [0.25, 0.3) is 11.3 Å². The van der Waals surface area contributed by atoms with Crippen molar-refractivity contribution in [2.45, 2.75) is 20.8 Å². The lowest BCUT2D eigenvalue weighted by atomic mass is 10.0. The van der Waals surface area contributed by atoms with Crippen molar-refractivity contribution in [3.8, 4) is 11.3 Å². The van der Waals surface area contributed by atoms with E-state index in [1.807, 2.05) is 38.1 Å². The molecule has 5 nitrogen and oxygen atoms in total. The van der Waals surface area contributed by atoms with Gasteiger partial charge in [0, 0.05) is 23.1 Å². The number of nitrogens with zero attached hydrogens (tertiary/aromatic N) is 3. The highest BCUT2D eigenvalue weighted by atomic mass is 79.9. The molecule has 0 saturated carbocycles. The molecule has 22 heavy (non-hydrogen) atoms. The highest BCUT2D eigenvalue weighted by Crippen LogP contribution is 2.31. The number of carbonyl (C=O) groups is 1. The van der Waals surface area contributed by atoms with Crippen molar-refractivity contribution < 1.29 is 4.79 Å². The molecule has 2 rings (SSSR count). The molecule has 2 N–H and O–H groups in total. The van der Waals surface area contributed by atoms with Gasteiger partial charge in [-0.05, 0) is 26.8 Å². The van der Waals surface area contributed by atoms with Crippen LogP contribution in [-0.4, -0.2) is 33.9 Å². The fourth-order valence-electron chi connectivity index (χ4n) is 2.37. The maximum atomic E-state index is 12.8. The van der Waals surface area contributed by atoms with Crippen LogP contribution in [-0.2, 0) is 0 Å². The summed E-state index contributed by atoms with van der Waals surface area (Å²) in [5.74, 6) is 0.0904. The summed E-state index contributed by atoms with van der Waals surface area (Å²) in [6, 6.07) is 7.63. The highest BCUT2D eigenvalue weighted by Gasteiger charge is 2.23. The highest BCUT2D eigenvalue weighted by molar-refractivity contribution is 9.10. The minimum absolute atomic E-state index is 0.0757. The Labute approximate surface area is 138 Å². The number of nitrogen functional groups attached to an aromatic ring is 1. The van der Waals surface area contributed by atoms with Crippen LogP contribution >= 0.6 is 15.9 Å². The van der Waals surface area contributed by atoms with Crippen LogP contribution < -0.4 is 5.73 Å². The largest absolute Gasteiger partial charge is 0.368 e. The van der Waals surface area contributed by atoms with Crippen LogP contribution in [0, 0.1) is 6.92 Å². The second-order valence-electron chi connectivity index (χ2n) is 4.85. The zero-order valence-corrected chi connectivity index (χ0v) is 14.5. The number of anilines is 1. The summed E-state index contributed by atoms with van der Waals surface area (Å²) >= 11 is 3.51. The zero-order valence-electron chi connectivity index (χ0n) is 12.9. The number of carbonyl (C=O) groups excluding carboxylic acids is 1. The van der Waals surface area contributed by atoms with E-state index < -0.39 is 0 Å². The molecule has 0 aliphatic carbocycles. The molecule has 0 saturated heterocycles. The summed E-state index contributed by atoms with van der Waals surface area (Å²) in [4.78, 5) is 23.1. The summed E-state index contributed by atoms with van der Waals surface area (Å²) < 4.78 is 0.862. The number of amides is 1. The van der Waals surface area contributed by atoms with Crippen molar-refractivity contribution in [2.75, 3.05) is 18.8 Å². The van der Waals surface area contributed by atoms with E-state index in [0.717, 1.165) is 10.0 Å². The monoisotopic (exact) mass is 362 g/mol. The third kappa shape index (κ3) is 3.11. The summed E-state index contributed by atoms with van der Waals surface area (Å²) in [5, 5.41) is 0. The molecule has 1 aromatic carbocycles. The number of hydrogen-bond acceptors (Lipinski definition) is 4. The number of halogens is 1. The third-order valence-corrected chi connectivity index (χ3v) is 4.19. The lowest BCUT2D eigenvalue weighted by molar-refractivity contribution is 0.0772. The molecule has 6 heteroatoms. The van der Waals surface area contributed by atoms with Crippen molar-refractivity contribution in [1.29, 1.82) is 0 Å². The first-order valence-corrected chi connectivity index (χ1v) is 7.97. The summed E-state index contributed by atoms with van der Waals surface area (Å²) in [7, 11) is 0. The molecule has 2 aromatic rings. The van der Waals surface area contributed by atoms with Gasteiger partial charge in [-0.1, -0.05) is 34.1 Å². The van der Waals surface area contributed by atoms with Gasteiger partial charge in [0.2, 0.25) is 5.95 Å². The van der Waals surface area contributed by atoms with Crippen LogP contribution in [0.2, 0.25) is 0 Å². The van der Waals surface area contributed by atoms with Gasteiger partial charge in [0.25, 0.3) is 5.91 Å². The van der Waals surface area contributed by atoms with Crippen molar-refractivity contribution in [3.63, 3.8) is 0 Å². The van der Waals surface area contributed by atoms with Crippen molar-refractivity contribution in [1.82, 2.24) is 14.9 Å². The SMILES string of the molecule is CCN(CC)C(=O)c1c(C)nc(N)nc1-c1ccccc1Br. The Balaban J connectivity index is 2.69. The van der Waals surface area contributed by atoms with E-state index in [2.05, 4.69) is 25.9 Å². The van der Waals surface area contributed by atoms with Crippen LogP contribution in [0.15, 0.2) is 28.7 Å². The average Bonchev–Trinajstić information content (AvgIpc) is 2.48. The number of benzene rings is 1. The molecule has 0 fully saturated rings. The number of rotatable bonds is 4. The van der Waals surface area contributed by atoms with Crippen molar-refractivity contribution >= 4 is 27.8 Å². The first-order chi connectivity index (χ1) is 10.5. The van der Waals surface area contributed by atoms with Gasteiger partial charge in [-0.15, -0.1) is 0 Å². The topological polar surface area (TPSA) is 72.1 Å². The van der Waals surface area contributed by atoms with E-state index in [9.17, 15) is 4.79 Å².